The molecule has 0 radical (unpaired) electrons. The van der Waals surface area contributed by atoms with E-state index in [0.717, 1.165) is 24.0 Å². The summed E-state index contributed by atoms with van der Waals surface area (Å²) in [5.74, 6) is 0.0831. The highest BCUT2D eigenvalue weighted by Crippen LogP contribution is 2.36. The first-order valence-corrected chi connectivity index (χ1v) is 9.58. The van der Waals surface area contributed by atoms with Crippen molar-refractivity contribution in [2.24, 2.45) is 5.92 Å². The van der Waals surface area contributed by atoms with Crippen molar-refractivity contribution < 1.29 is 14.1 Å². The fourth-order valence-corrected chi connectivity index (χ4v) is 3.69. The van der Waals surface area contributed by atoms with Crippen LogP contribution in [0.5, 0.6) is 0 Å². The maximum absolute atomic E-state index is 12.6. The molecule has 27 heavy (non-hydrogen) atoms. The van der Waals surface area contributed by atoms with Crippen LogP contribution in [0.3, 0.4) is 0 Å². The van der Waals surface area contributed by atoms with Crippen molar-refractivity contribution in [3.05, 3.63) is 59.7 Å². The smallest absolute Gasteiger partial charge is 0.399 e. The number of amides is 1. The summed E-state index contributed by atoms with van der Waals surface area (Å²) in [6.45, 7) is 8.17. The average Bonchev–Trinajstić information content (AvgIpc) is 3.14. The minimum Gasteiger partial charge on any atom is -0.399 e. The molecular formula is C22H26BNO3. The molecule has 4 rings (SSSR count). The van der Waals surface area contributed by atoms with Gasteiger partial charge in [0.25, 0.3) is 0 Å². The number of benzene rings is 2. The Kier molecular flexibility index (Phi) is 4.40. The summed E-state index contributed by atoms with van der Waals surface area (Å²) in [6.07, 6.45) is 1.63. The molecular weight excluding hydrogens is 337 g/mol. The van der Waals surface area contributed by atoms with Gasteiger partial charge in [0.05, 0.1) is 11.2 Å². The van der Waals surface area contributed by atoms with Crippen LogP contribution < -0.4 is 10.8 Å². The van der Waals surface area contributed by atoms with E-state index in [2.05, 4.69) is 17.4 Å². The van der Waals surface area contributed by atoms with Gasteiger partial charge in [0, 0.05) is 11.6 Å². The number of carbonyl (C=O) groups is 1. The van der Waals surface area contributed by atoms with Gasteiger partial charge in [-0.05, 0) is 69.3 Å². The van der Waals surface area contributed by atoms with Gasteiger partial charge < -0.3 is 14.6 Å². The van der Waals surface area contributed by atoms with E-state index in [0.29, 0.717) is 0 Å². The molecule has 0 saturated carbocycles. The first-order valence-electron chi connectivity index (χ1n) is 9.58. The van der Waals surface area contributed by atoms with Crippen LogP contribution in [-0.4, -0.2) is 24.2 Å². The fraction of sp³-hybridized carbons (Fsp3) is 0.409. The number of nitrogens with one attached hydrogen (secondary N) is 1. The van der Waals surface area contributed by atoms with Crippen LogP contribution in [0.15, 0.2) is 48.5 Å². The van der Waals surface area contributed by atoms with Gasteiger partial charge in [0.15, 0.2) is 0 Å². The minimum atomic E-state index is -0.385. The van der Waals surface area contributed by atoms with Gasteiger partial charge in [-0.15, -0.1) is 0 Å². The molecule has 1 amide bonds. The molecule has 2 aromatic carbocycles. The molecule has 140 valence electrons. The number of carbonyl (C=O) groups excluding carboxylic acids is 1. The van der Waals surface area contributed by atoms with Crippen LogP contribution in [0.1, 0.15) is 38.8 Å². The number of anilines is 1. The molecule has 4 nitrogen and oxygen atoms in total. The summed E-state index contributed by atoms with van der Waals surface area (Å²) in [4.78, 5) is 12.6. The van der Waals surface area contributed by atoms with Crippen LogP contribution in [0.2, 0.25) is 0 Å². The molecule has 2 aliphatic rings. The Labute approximate surface area is 161 Å². The Bertz CT molecular complexity index is 819. The summed E-state index contributed by atoms with van der Waals surface area (Å²) in [7, 11) is -0.385. The van der Waals surface area contributed by atoms with Crippen molar-refractivity contribution in [3.63, 3.8) is 0 Å². The predicted molar refractivity (Wildman–Crippen MR) is 108 cm³/mol. The average molecular weight is 363 g/mol. The van der Waals surface area contributed by atoms with E-state index in [9.17, 15) is 4.79 Å². The maximum Gasteiger partial charge on any atom is 0.494 e. The lowest BCUT2D eigenvalue weighted by atomic mass is 9.79. The molecule has 1 fully saturated rings. The molecule has 0 unspecified atom stereocenters. The van der Waals surface area contributed by atoms with E-state index in [1.165, 1.54) is 11.1 Å². The molecule has 0 aromatic heterocycles. The van der Waals surface area contributed by atoms with Gasteiger partial charge in [-0.25, -0.2) is 0 Å². The van der Waals surface area contributed by atoms with Gasteiger partial charge in [0.2, 0.25) is 5.91 Å². The normalized spacial score (nSPS) is 20.5. The quantitative estimate of drug-likeness (QED) is 0.851. The zero-order chi connectivity index (χ0) is 19.2. The third kappa shape index (κ3) is 3.42. The molecule has 5 heteroatoms. The van der Waals surface area contributed by atoms with Crippen LogP contribution in [0.4, 0.5) is 5.69 Å². The molecule has 1 aliphatic heterocycles. The lowest BCUT2D eigenvalue weighted by molar-refractivity contribution is -0.119. The highest BCUT2D eigenvalue weighted by atomic mass is 16.7. The maximum atomic E-state index is 12.6. The minimum absolute atomic E-state index is 0.00479. The third-order valence-electron chi connectivity index (χ3n) is 6.13. The Morgan fingerprint density at radius 1 is 0.926 bits per heavy atom. The van der Waals surface area contributed by atoms with Crippen LogP contribution >= 0.6 is 0 Å². The van der Waals surface area contributed by atoms with Crippen molar-refractivity contribution in [1.82, 2.24) is 0 Å². The molecule has 0 spiro atoms. The molecule has 1 saturated heterocycles. The monoisotopic (exact) mass is 363 g/mol. The third-order valence-corrected chi connectivity index (χ3v) is 6.13. The largest absolute Gasteiger partial charge is 0.494 e. The summed E-state index contributed by atoms with van der Waals surface area (Å²) in [6, 6.07) is 16.0. The second-order valence-corrected chi connectivity index (χ2v) is 8.57. The SMILES string of the molecule is CC1(C)OB(c2ccc(NC(=O)C3Cc4ccccc4C3)cc2)OC1(C)C. The Balaban J connectivity index is 1.40. The predicted octanol–water partition coefficient (Wildman–Crippen LogP) is 3.34. The van der Waals surface area contributed by atoms with Crippen LogP contribution in [-0.2, 0) is 26.9 Å². The van der Waals surface area contributed by atoms with Gasteiger partial charge in [0.1, 0.15) is 0 Å². The van der Waals surface area contributed by atoms with Gasteiger partial charge in [-0.2, -0.15) is 0 Å². The number of hydrogen-bond donors (Lipinski definition) is 1. The van der Waals surface area contributed by atoms with Crippen molar-refractivity contribution in [2.75, 3.05) is 5.32 Å². The summed E-state index contributed by atoms with van der Waals surface area (Å²) in [5.41, 5.74) is 3.61. The van der Waals surface area contributed by atoms with Crippen LogP contribution in [0, 0.1) is 5.92 Å². The van der Waals surface area contributed by atoms with Crippen LogP contribution in [0.25, 0.3) is 0 Å². The van der Waals surface area contributed by atoms with E-state index in [1.807, 2.05) is 64.1 Å². The second-order valence-electron chi connectivity index (χ2n) is 8.57. The summed E-state index contributed by atoms with van der Waals surface area (Å²) >= 11 is 0. The van der Waals surface area contributed by atoms with E-state index in [-0.39, 0.29) is 30.1 Å². The van der Waals surface area contributed by atoms with Crippen molar-refractivity contribution in [3.8, 4) is 0 Å². The zero-order valence-corrected chi connectivity index (χ0v) is 16.4. The van der Waals surface area contributed by atoms with Gasteiger partial charge >= 0.3 is 7.12 Å². The van der Waals surface area contributed by atoms with Crippen molar-refractivity contribution >= 4 is 24.2 Å². The Morgan fingerprint density at radius 2 is 1.44 bits per heavy atom. The topological polar surface area (TPSA) is 47.6 Å². The number of fused-ring (bicyclic) bond motifs is 1. The first-order chi connectivity index (χ1) is 12.7. The number of hydrogen-bond acceptors (Lipinski definition) is 3. The molecule has 2 aromatic rings. The lowest BCUT2D eigenvalue weighted by Crippen LogP contribution is -2.41. The van der Waals surface area contributed by atoms with E-state index >= 15 is 0 Å². The molecule has 0 atom stereocenters. The van der Waals surface area contributed by atoms with Gasteiger partial charge in [-0.1, -0.05) is 36.4 Å². The summed E-state index contributed by atoms with van der Waals surface area (Å²) in [5, 5.41) is 3.05. The Hall–Kier alpha value is -2.11. The lowest BCUT2D eigenvalue weighted by Gasteiger charge is -2.32. The fourth-order valence-electron chi connectivity index (χ4n) is 3.69. The van der Waals surface area contributed by atoms with E-state index in [4.69, 9.17) is 9.31 Å². The van der Waals surface area contributed by atoms with E-state index < -0.39 is 0 Å². The first kappa shape index (κ1) is 18.3. The molecule has 0 bridgehead atoms. The Morgan fingerprint density at radius 3 is 1.96 bits per heavy atom. The molecule has 1 aliphatic carbocycles. The molecule has 1 N–H and O–H groups in total. The van der Waals surface area contributed by atoms with Crippen molar-refractivity contribution in [2.45, 2.75) is 51.7 Å². The van der Waals surface area contributed by atoms with Gasteiger partial charge in [-0.3, -0.25) is 4.79 Å². The second kappa shape index (κ2) is 6.50. The standard InChI is InChI=1S/C22H26BNO3/c1-21(2)22(3,4)27-23(26-21)18-9-11-19(12-10-18)24-20(25)17-13-15-7-5-6-8-16(15)14-17/h5-12,17H,13-14H2,1-4H3,(H,24,25). The van der Waals surface area contributed by atoms with Crippen molar-refractivity contribution in [1.29, 1.82) is 0 Å². The molecule has 1 heterocycles. The highest BCUT2D eigenvalue weighted by molar-refractivity contribution is 6.62. The number of rotatable bonds is 3. The van der Waals surface area contributed by atoms with E-state index in [1.54, 1.807) is 0 Å². The summed E-state index contributed by atoms with van der Waals surface area (Å²) < 4.78 is 12.2. The highest BCUT2D eigenvalue weighted by Gasteiger charge is 2.51. The zero-order valence-electron chi connectivity index (χ0n) is 16.4.